The van der Waals surface area contributed by atoms with Crippen molar-refractivity contribution in [1.82, 2.24) is 0 Å². The topological polar surface area (TPSA) is 64.4 Å². The average molecular weight is 262 g/mol. The zero-order chi connectivity index (χ0) is 14.3. The molecule has 0 radical (unpaired) electrons. The van der Waals surface area contributed by atoms with Crippen molar-refractivity contribution in [1.29, 1.82) is 0 Å². The average Bonchev–Trinajstić information content (AvgIpc) is 2.41. The number of hydrogen-bond acceptors (Lipinski definition) is 4. The van der Waals surface area contributed by atoms with E-state index in [9.17, 15) is 10.1 Å². The second-order valence-electron chi connectivity index (χ2n) is 3.81. The lowest BCUT2D eigenvalue weighted by molar-refractivity contribution is -0.384. The summed E-state index contributed by atoms with van der Waals surface area (Å²) in [5.74, 6) is 0.736. The molecule has 1 aromatic rings. The van der Waals surface area contributed by atoms with Gasteiger partial charge in [-0.05, 0) is 31.6 Å². The minimum Gasteiger partial charge on any atom is -0.495 e. The fourth-order valence-electron chi connectivity index (χ4n) is 1.62. The predicted octanol–water partition coefficient (Wildman–Crippen LogP) is 3.85. The number of allylic oxidation sites excluding steroid dienone is 2. The molecule has 0 atom stereocenters. The van der Waals surface area contributed by atoms with Crippen LogP contribution in [0.2, 0.25) is 0 Å². The second kappa shape index (κ2) is 7.20. The molecule has 0 spiro atoms. The molecule has 0 bridgehead atoms. The van der Waals surface area contributed by atoms with Crippen molar-refractivity contribution >= 4 is 11.4 Å². The lowest BCUT2D eigenvalue weighted by Crippen LogP contribution is -2.04. The largest absolute Gasteiger partial charge is 0.495 e. The molecule has 19 heavy (non-hydrogen) atoms. The Morgan fingerprint density at radius 2 is 2.05 bits per heavy atom. The van der Waals surface area contributed by atoms with Crippen molar-refractivity contribution in [3.05, 3.63) is 58.0 Å². The van der Waals surface area contributed by atoms with Crippen molar-refractivity contribution in [2.45, 2.75) is 20.3 Å². The van der Waals surface area contributed by atoms with Gasteiger partial charge in [0.1, 0.15) is 5.76 Å². The van der Waals surface area contributed by atoms with Gasteiger partial charge < -0.3 is 10.1 Å². The van der Waals surface area contributed by atoms with Crippen LogP contribution in [-0.2, 0) is 4.74 Å². The molecule has 102 valence electrons. The van der Waals surface area contributed by atoms with Crippen LogP contribution < -0.4 is 5.32 Å². The van der Waals surface area contributed by atoms with Crippen LogP contribution in [0, 0.1) is 10.1 Å². The number of rotatable bonds is 6. The van der Waals surface area contributed by atoms with Gasteiger partial charge in [-0.25, -0.2) is 0 Å². The highest BCUT2D eigenvalue weighted by atomic mass is 16.6. The highest BCUT2D eigenvalue weighted by molar-refractivity contribution is 5.54. The maximum absolute atomic E-state index is 10.6. The molecule has 5 nitrogen and oxygen atoms in total. The smallest absolute Gasteiger partial charge is 0.269 e. The van der Waals surface area contributed by atoms with Crippen LogP contribution in [0.15, 0.2) is 47.9 Å². The van der Waals surface area contributed by atoms with Crippen molar-refractivity contribution < 1.29 is 9.66 Å². The van der Waals surface area contributed by atoms with E-state index < -0.39 is 4.92 Å². The lowest BCUT2D eigenvalue weighted by atomic mass is 10.2. The van der Waals surface area contributed by atoms with Gasteiger partial charge in [-0.1, -0.05) is 13.0 Å². The van der Waals surface area contributed by atoms with Gasteiger partial charge in [-0.2, -0.15) is 0 Å². The molecule has 0 saturated carbocycles. The fourth-order valence-corrected chi connectivity index (χ4v) is 1.62. The first kappa shape index (κ1) is 14.8. The Bertz CT molecular complexity index is 490. The van der Waals surface area contributed by atoms with E-state index >= 15 is 0 Å². The first-order valence-corrected chi connectivity index (χ1v) is 6.04. The van der Waals surface area contributed by atoms with Crippen LogP contribution >= 0.6 is 0 Å². The molecule has 0 aliphatic rings. The Morgan fingerprint density at radius 3 is 2.47 bits per heavy atom. The van der Waals surface area contributed by atoms with E-state index in [4.69, 9.17) is 4.74 Å². The molecular weight excluding hydrogens is 244 g/mol. The Hall–Kier alpha value is -2.30. The molecule has 0 fully saturated rings. The van der Waals surface area contributed by atoms with Crippen LogP contribution in [0.4, 0.5) is 11.4 Å². The second-order valence-corrected chi connectivity index (χ2v) is 3.81. The van der Waals surface area contributed by atoms with E-state index in [1.807, 2.05) is 26.0 Å². The first-order valence-electron chi connectivity index (χ1n) is 6.04. The van der Waals surface area contributed by atoms with Crippen molar-refractivity contribution in [3.63, 3.8) is 0 Å². The Balaban J connectivity index is 2.91. The van der Waals surface area contributed by atoms with E-state index in [0.717, 1.165) is 23.6 Å². The minimum atomic E-state index is -0.418. The summed E-state index contributed by atoms with van der Waals surface area (Å²) in [5.41, 5.74) is 1.70. The van der Waals surface area contributed by atoms with E-state index in [2.05, 4.69) is 5.32 Å². The van der Waals surface area contributed by atoms with Gasteiger partial charge in [-0.15, -0.1) is 0 Å². The Kier molecular flexibility index (Phi) is 5.60. The van der Waals surface area contributed by atoms with Crippen LogP contribution in [0.1, 0.15) is 20.3 Å². The van der Waals surface area contributed by atoms with Gasteiger partial charge in [0.05, 0.1) is 17.7 Å². The van der Waals surface area contributed by atoms with Gasteiger partial charge in [-0.3, -0.25) is 10.1 Å². The monoisotopic (exact) mass is 262 g/mol. The number of methoxy groups -OCH3 is 1. The summed E-state index contributed by atoms with van der Waals surface area (Å²) in [6.07, 6.45) is 4.72. The first-order chi connectivity index (χ1) is 9.12. The molecule has 0 aromatic heterocycles. The maximum atomic E-state index is 10.6. The summed E-state index contributed by atoms with van der Waals surface area (Å²) in [5, 5.41) is 13.8. The Morgan fingerprint density at radius 1 is 1.42 bits per heavy atom. The molecule has 1 aromatic carbocycles. The molecule has 1 N–H and O–H groups in total. The third kappa shape index (κ3) is 4.13. The van der Waals surface area contributed by atoms with Crippen LogP contribution in [0.25, 0.3) is 0 Å². The number of hydrogen-bond donors (Lipinski definition) is 1. The molecule has 0 amide bonds. The summed E-state index contributed by atoms with van der Waals surface area (Å²) in [6.45, 7) is 3.92. The third-order valence-electron chi connectivity index (χ3n) is 2.51. The number of anilines is 1. The van der Waals surface area contributed by atoms with Gasteiger partial charge in [0, 0.05) is 17.8 Å². The number of nitro benzene ring substituents is 1. The Labute approximate surface area is 112 Å². The van der Waals surface area contributed by atoms with Crippen molar-refractivity contribution in [2.75, 3.05) is 12.4 Å². The molecule has 5 heteroatoms. The summed E-state index contributed by atoms with van der Waals surface area (Å²) in [6, 6.07) is 6.28. The predicted molar refractivity (Wildman–Crippen MR) is 75.9 cm³/mol. The molecule has 0 aliphatic heterocycles. The SMILES string of the molecule is C/C=C(OC)\C(=C/CC)Nc1ccc([N+](=O)[O-])cc1. The zero-order valence-electron chi connectivity index (χ0n) is 11.3. The van der Waals surface area contributed by atoms with Crippen LogP contribution in [0.3, 0.4) is 0 Å². The number of nitrogens with zero attached hydrogens (tertiary/aromatic N) is 1. The van der Waals surface area contributed by atoms with Crippen LogP contribution in [0.5, 0.6) is 0 Å². The molecule has 0 heterocycles. The normalized spacial score (nSPS) is 12.2. The van der Waals surface area contributed by atoms with Crippen molar-refractivity contribution in [2.24, 2.45) is 0 Å². The van der Waals surface area contributed by atoms with Crippen molar-refractivity contribution in [3.8, 4) is 0 Å². The fraction of sp³-hybridized carbons (Fsp3) is 0.286. The molecular formula is C14H18N2O3. The van der Waals surface area contributed by atoms with Gasteiger partial charge in [0.15, 0.2) is 0 Å². The van der Waals surface area contributed by atoms with Crippen LogP contribution in [-0.4, -0.2) is 12.0 Å². The quantitative estimate of drug-likeness (QED) is 0.366. The molecule has 1 rings (SSSR count). The van der Waals surface area contributed by atoms with E-state index in [0.29, 0.717) is 0 Å². The van der Waals surface area contributed by atoms with E-state index in [1.165, 1.54) is 12.1 Å². The minimum absolute atomic E-state index is 0.0737. The summed E-state index contributed by atoms with van der Waals surface area (Å²) in [7, 11) is 1.61. The van der Waals surface area contributed by atoms with E-state index in [-0.39, 0.29) is 5.69 Å². The van der Waals surface area contributed by atoms with E-state index in [1.54, 1.807) is 19.2 Å². The number of nitro groups is 1. The summed E-state index contributed by atoms with van der Waals surface area (Å²) in [4.78, 5) is 10.2. The zero-order valence-corrected chi connectivity index (χ0v) is 11.3. The maximum Gasteiger partial charge on any atom is 0.269 e. The van der Waals surface area contributed by atoms with Gasteiger partial charge in [0.25, 0.3) is 5.69 Å². The third-order valence-corrected chi connectivity index (χ3v) is 2.51. The highest BCUT2D eigenvalue weighted by Gasteiger charge is 2.07. The highest BCUT2D eigenvalue weighted by Crippen LogP contribution is 2.20. The standard InChI is InChI=1S/C14H18N2O3/c1-4-6-13(14(5-2)19-3)15-11-7-9-12(10-8-11)16(17)18/h5-10,15H,4H2,1-3H3/b13-6+,14-5+. The number of benzene rings is 1. The number of nitrogens with one attached hydrogen (secondary N) is 1. The molecule has 0 aliphatic carbocycles. The van der Waals surface area contributed by atoms with Gasteiger partial charge >= 0.3 is 0 Å². The molecule has 0 saturated heterocycles. The summed E-state index contributed by atoms with van der Waals surface area (Å²) >= 11 is 0. The van der Waals surface area contributed by atoms with Gasteiger partial charge in [0.2, 0.25) is 0 Å². The number of ether oxygens (including phenoxy) is 1. The summed E-state index contributed by atoms with van der Waals surface area (Å²) < 4.78 is 5.27. The number of non-ortho nitro benzene ring substituents is 1. The molecule has 0 unspecified atom stereocenters. The lowest BCUT2D eigenvalue weighted by Gasteiger charge is -2.13.